The summed E-state index contributed by atoms with van der Waals surface area (Å²) in [6.45, 7) is 4.43. The maximum atomic E-state index is 12.4. The lowest BCUT2D eigenvalue weighted by Crippen LogP contribution is -2.51. The summed E-state index contributed by atoms with van der Waals surface area (Å²) < 4.78 is 10.9. The van der Waals surface area contributed by atoms with Crippen LogP contribution >= 0.6 is 0 Å². The topological polar surface area (TPSA) is 54.0 Å². The van der Waals surface area contributed by atoms with E-state index in [9.17, 15) is 4.79 Å². The molecule has 0 unspecified atom stereocenters. The molecule has 0 saturated carbocycles. The Labute approximate surface area is 160 Å². The normalized spacial score (nSPS) is 14.7. The summed E-state index contributed by atoms with van der Waals surface area (Å²) in [5, 5.41) is 3.00. The summed E-state index contributed by atoms with van der Waals surface area (Å²) in [5.74, 6) is 1.52. The smallest absolute Gasteiger partial charge is 0.317 e. The Bertz CT molecular complexity index is 744. The molecule has 0 bridgehead atoms. The van der Waals surface area contributed by atoms with Crippen LogP contribution in [0.1, 0.15) is 11.1 Å². The molecule has 144 valence electrons. The SMILES string of the molecule is COc1cccc(CN2CCN(C(=O)NCc3ccccc3)CC2)c1OC. The molecular weight excluding hydrogens is 342 g/mol. The van der Waals surface area contributed by atoms with Crippen molar-refractivity contribution in [2.75, 3.05) is 40.4 Å². The van der Waals surface area contributed by atoms with E-state index in [-0.39, 0.29) is 6.03 Å². The lowest BCUT2D eigenvalue weighted by atomic mass is 10.1. The van der Waals surface area contributed by atoms with Crippen LogP contribution in [0.3, 0.4) is 0 Å². The molecule has 0 spiro atoms. The van der Waals surface area contributed by atoms with Crippen LogP contribution in [0, 0.1) is 0 Å². The minimum absolute atomic E-state index is 0.00235. The molecule has 2 amide bonds. The second kappa shape index (κ2) is 9.28. The van der Waals surface area contributed by atoms with Crippen LogP contribution in [0.5, 0.6) is 11.5 Å². The highest BCUT2D eigenvalue weighted by molar-refractivity contribution is 5.74. The molecule has 1 N–H and O–H groups in total. The number of hydrogen-bond donors (Lipinski definition) is 1. The molecule has 1 aliphatic rings. The van der Waals surface area contributed by atoms with E-state index in [2.05, 4.69) is 16.3 Å². The number of piperazine rings is 1. The maximum absolute atomic E-state index is 12.4. The van der Waals surface area contributed by atoms with Crippen molar-refractivity contribution in [2.45, 2.75) is 13.1 Å². The largest absolute Gasteiger partial charge is 0.493 e. The van der Waals surface area contributed by atoms with Crippen LogP contribution in [0.2, 0.25) is 0 Å². The van der Waals surface area contributed by atoms with Crippen molar-refractivity contribution < 1.29 is 14.3 Å². The zero-order valence-corrected chi connectivity index (χ0v) is 16.0. The first kappa shape index (κ1) is 19.0. The molecule has 1 fully saturated rings. The van der Waals surface area contributed by atoms with E-state index in [1.54, 1.807) is 14.2 Å². The summed E-state index contributed by atoms with van der Waals surface area (Å²) in [6, 6.07) is 15.9. The van der Waals surface area contributed by atoms with Crippen molar-refractivity contribution in [1.82, 2.24) is 15.1 Å². The van der Waals surface area contributed by atoms with Crippen LogP contribution in [-0.4, -0.2) is 56.2 Å². The molecule has 1 saturated heterocycles. The Morgan fingerprint density at radius 2 is 1.70 bits per heavy atom. The molecule has 0 aromatic heterocycles. The van der Waals surface area contributed by atoms with Crippen LogP contribution in [-0.2, 0) is 13.1 Å². The van der Waals surface area contributed by atoms with Crippen molar-refractivity contribution in [3.05, 3.63) is 59.7 Å². The fourth-order valence-electron chi connectivity index (χ4n) is 3.31. The summed E-state index contributed by atoms with van der Waals surface area (Å²) in [7, 11) is 3.31. The van der Waals surface area contributed by atoms with Gasteiger partial charge in [0.25, 0.3) is 0 Å². The molecule has 0 atom stereocenters. The highest BCUT2D eigenvalue weighted by atomic mass is 16.5. The molecule has 3 rings (SSSR count). The van der Waals surface area contributed by atoms with Crippen LogP contribution in [0.15, 0.2) is 48.5 Å². The van der Waals surface area contributed by atoms with E-state index < -0.39 is 0 Å². The van der Waals surface area contributed by atoms with Crippen molar-refractivity contribution >= 4 is 6.03 Å². The van der Waals surface area contributed by atoms with E-state index in [1.165, 1.54) is 0 Å². The van der Waals surface area contributed by atoms with E-state index in [1.807, 2.05) is 47.4 Å². The van der Waals surface area contributed by atoms with Gasteiger partial charge in [0.1, 0.15) is 0 Å². The van der Waals surface area contributed by atoms with Gasteiger partial charge in [0.15, 0.2) is 11.5 Å². The van der Waals surface area contributed by atoms with Crippen molar-refractivity contribution in [2.24, 2.45) is 0 Å². The number of hydrogen-bond acceptors (Lipinski definition) is 4. The minimum Gasteiger partial charge on any atom is -0.493 e. The van der Waals surface area contributed by atoms with Gasteiger partial charge in [-0.05, 0) is 11.6 Å². The van der Waals surface area contributed by atoms with Gasteiger partial charge in [-0.1, -0.05) is 42.5 Å². The fraction of sp³-hybridized carbons (Fsp3) is 0.381. The Hall–Kier alpha value is -2.73. The molecule has 6 heteroatoms. The third-order valence-electron chi connectivity index (χ3n) is 4.82. The third kappa shape index (κ3) is 4.92. The van der Waals surface area contributed by atoms with E-state index in [0.29, 0.717) is 19.6 Å². The van der Waals surface area contributed by atoms with Gasteiger partial charge in [0.05, 0.1) is 14.2 Å². The highest BCUT2D eigenvalue weighted by Gasteiger charge is 2.22. The van der Waals surface area contributed by atoms with E-state index in [4.69, 9.17) is 9.47 Å². The van der Waals surface area contributed by atoms with Gasteiger partial charge in [0.2, 0.25) is 0 Å². The molecule has 1 aliphatic heterocycles. The van der Waals surface area contributed by atoms with Crippen LogP contribution in [0.4, 0.5) is 4.79 Å². The molecule has 0 aliphatic carbocycles. The highest BCUT2D eigenvalue weighted by Crippen LogP contribution is 2.31. The summed E-state index contributed by atoms with van der Waals surface area (Å²) in [4.78, 5) is 16.6. The lowest BCUT2D eigenvalue weighted by molar-refractivity contribution is 0.134. The number of nitrogens with one attached hydrogen (secondary N) is 1. The molecule has 6 nitrogen and oxygen atoms in total. The van der Waals surface area contributed by atoms with E-state index >= 15 is 0 Å². The van der Waals surface area contributed by atoms with Gasteiger partial charge in [-0.15, -0.1) is 0 Å². The van der Waals surface area contributed by atoms with Gasteiger partial charge in [-0.3, -0.25) is 4.90 Å². The molecule has 27 heavy (non-hydrogen) atoms. The molecule has 1 heterocycles. The van der Waals surface area contributed by atoms with E-state index in [0.717, 1.165) is 42.3 Å². The van der Waals surface area contributed by atoms with Gasteiger partial charge in [-0.25, -0.2) is 4.79 Å². The summed E-state index contributed by atoms with van der Waals surface area (Å²) >= 11 is 0. The number of methoxy groups -OCH3 is 2. The fourth-order valence-corrected chi connectivity index (χ4v) is 3.31. The number of urea groups is 1. The number of para-hydroxylation sites is 1. The van der Waals surface area contributed by atoms with Crippen molar-refractivity contribution in [3.8, 4) is 11.5 Å². The number of benzene rings is 2. The number of carbonyl (C=O) groups excluding carboxylic acids is 1. The van der Waals surface area contributed by atoms with Crippen molar-refractivity contribution in [1.29, 1.82) is 0 Å². The first-order valence-corrected chi connectivity index (χ1v) is 9.20. The van der Waals surface area contributed by atoms with Crippen LogP contribution in [0.25, 0.3) is 0 Å². The number of carbonyl (C=O) groups is 1. The Morgan fingerprint density at radius 1 is 0.963 bits per heavy atom. The quantitative estimate of drug-likeness (QED) is 0.851. The number of amides is 2. The molecule has 2 aromatic carbocycles. The monoisotopic (exact) mass is 369 g/mol. The van der Waals surface area contributed by atoms with Crippen LogP contribution < -0.4 is 14.8 Å². The van der Waals surface area contributed by atoms with Gasteiger partial charge in [0, 0.05) is 44.8 Å². The zero-order chi connectivity index (χ0) is 19.1. The first-order valence-electron chi connectivity index (χ1n) is 9.20. The molecular formula is C21H27N3O3. The summed E-state index contributed by atoms with van der Waals surface area (Å²) in [6.07, 6.45) is 0. The molecule has 2 aromatic rings. The predicted molar refractivity (Wildman–Crippen MR) is 105 cm³/mol. The Balaban J connectivity index is 1.50. The van der Waals surface area contributed by atoms with Crippen molar-refractivity contribution in [3.63, 3.8) is 0 Å². The second-order valence-corrected chi connectivity index (χ2v) is 6.56. The van der Waals surface area contributed by atoms with Gasteiger partial charge < -0.3 is 19.7 Å². The average molecular weight is 369 g/mol. The first-order chi connectivity index (χ1) is 13.2. The maximum Gasteiger partial charge on any atom is 0.317 e. The van der Waals surface area contributed by atoms with Gasteiger partial charge in [-0.2, -0.15) is 0 Å². The zero-order valence-electron chi connectivity index (χ0n) is 16.0. The third-order valence-corrected chi connectivity index (χ3v) is 4.82. The lowest BCUT2D eigenvalue weighted by Gasteiger charge is -2.35. The Morgan fingerprint density at radius 3 is 2.37 bits per heavy atom. The average Bonchev–Trinajstić information content (AvgIpc) is 2.73. The number of nitrogens with zero attached hydrogens (tertiary/aromatic N) is 2. The predicted octanol–water partition coefficient (Wildman–Crippen LogP) is 2.73. The number of ether oxygens (including phenoxy) is 2. The summed E-state index contributed by atoms with van der Waals surface area (Å²) in [5.41, 5.74) is 2.20. The second-order valence-electron chi connectivity index (χ2n) is 6.56. The standard InChI is InChI=1S/C21H27N3O3/c1-26-19-10-6-9-18(20(19)27-2)16-23-11-13-24(14-12-23)21(25)22-15-17-7-4-3-5-8-17/h3-10H,11-16H2,1-2H3,(H,22,25). The molecule has 0 radical (unpaired) electrons. The Kier molecular flexibility index (Phi) is 6.54. The minimum atomic E-state index is -0.00235. The number of rotatable bonds is 6. The van der Waals surface area contributed by atoms with Gasteiger partial charge >= 0.3 is 6.03 Å².